The first-order chi connectivity index (χ1) is 12.9. The Morgan fingerprint density at radius 2 is 2.00 bits per heavy atom. The second kappa shape index (κ2) is 7.59. The van der Waals surface area contributed by atoms with E-state index >= 15 is 0 Å². The molecule has 3 aromatic rings. The molecule has 0 unspecified atom stereocenters. The van der Waals surface area contributed by atoms with E-state index < -0.39 is 10.9 Å². The lowest BCUT2D eigenvalue weighted by Gasteiger charge is -2.11. The minimum atomic E-state index is -0.456. The van der Waals surface area contributed by atoms with Crippen LogP contribution in [0.15, 0.2) is 48.5 Å². The van der Waals surface area contributed by atoms with Crippen molar-refractivity contribution in [3.8, 4) is 16.9 Å². The number of hydrogen-bond donors (Lipinski definition) is 0. The number of aromatic nitrogens is 2. The molecule has 0 fully saturated rings. The molecule has 8 heteroatoms. The smallest absolute Gasteiger partial charge is 0.310 e. The van der Waals surface area contributed by atoms with Gasteiger partial charge in [-0.1, -0.05) is 29.8 Å². The third-order valence-corrected chi connectivity index (χ3v) is 4.38. The second-order valence-corrected chi connectivity index (χ2v) is 6.27. The lowest BCUT2D eigenvalue weighted by Crippen LogP contribution is -2.07. The first kappa shape index (κ1) is 18.6. The van der Waals surface area contributed by atoms with Crippen molar-refractivity contribution in [2.75, 3.05) is 7.11 Å². The second-order valence-electron chi connectivity index (χ2n) is 5.83. The van der Waals surface area contributed by atoms with Crippen molar-refractivity contribution in [2.24, 2.45) is 0 Å². The van der Waals surface area contributed by atoms with Crippen LogP contribution in [0.5, 0.6) is 0 Å². The summed E-state index contributed by atoms with van der Waals surface area (Å²) in [6.07, 6.45) is -0.0513. The Labute approximate surface area is 160 Å². The van der Waals surface area contributed by atoms with Crippen LogP contribution in [0.3, 0.4) is 0 Å². The summed E-state index contributed by atoms with van der Waals surface area (Å²) in [7, 11) is 1.30. The van der Waals surface area contributed by atoms with E-state index in [0.717, 1.165) is 0 Å². The van der Waals surface area contributed by atoms with Gasteiger partial charge in [0.25, 0.3) is 5.69 Å². The van der Waals surface area contributed by atoms with Gasteiger partial charge in [0.2, 0.25) is 0 Å². The minimum Gasteiger partial charge on any atom is -0.469 e. The number of methoxy groups -OCH3 is 1. The summed E-state index contributed by atoms with van der Waals surface area (Å²) in [4.78, 5) is 23.0. The number of nitro benzene ring substituents is 1. The Kier molecular flexibility index (Phi) is 5.23. The fourth-order valence-electron chi connectivity index (χ4n) is 2.89. The summed E-state index contributed by atoms with van der Waals surface area (Å²) in [6.45, 7) is 1.75. The zero-order valence-electron chi connectivity index (χ0n) is 14.7. The van der Waals surface area contributed by atoms with Gasteiger partial charge in [-0.3, -0.25) is 14.9 Å². The molecule has 2 aromatic carbocycles. The van der Waals surface area contributed by atoms with Crippen LogP contribution in [0.2, 0.25) is 5.02 Å². The quantitative estimate of drug-likeness (QED) is 0.374. The Hall–Kier alpha value is -3.19. The van der Waals surface area contributed by atoms with Gasteiger partial charge in [-0.2, -0.15) is 5.10 Å². The summed E-state index contributed by atoms with van der Waals surface area (Å²) in [5.74, 6) is -0.455. The number of benzene rings is 2. The molecule has 0 radical (unpaired) electrons. The zero-order valence-corrected chi connectivity index (χ0v) is 15.4. The Morgan fingerprint density at radius 1 is 1.26 bits per heavy atom. The van der Waals surface area contributed by atoms with E-state index in [4.69, 9.17) is 16.3 Å². The molecule has 0 aliphatic carbocycles. The van der Waals surface area contributed by atoms with E-state index in [-0.39, 0.29) is 12.1 Å². The van der Waals surface area contributed by atoms with Gasteiger partial charge >= 0.3 is 5.97 Å². The lowest BCUT2D eigenvalue weighted by atomic mass is 10.0. The van der Waals surface area contributed by atoms with Crippen LogP contribution in [0.4, 0.5) is 5.69 Å². The maximum absolute atomic E-state index is 11.9. The highest BCUT2D eigenvalue weighted by atomic mass is 35.5. The predicted molar refractivity (Wildman–Crippen MR) is 101 cm³/mol. The van der Waals surface area contributed by atoms with Gasteiger partial charge in [-0.25, -0.2) is 4.68 Å². The Balaban J connectivity index is 2.32. The van der Waals surface area contributed by atoms with Crippen molar-refractivity contribution in [1.29, 1.82) is 0 Å². The molecule has 0 saturated carbocycles. The van der Waals surface area contributed by atoms with Gasteiger partial charge in [0, 0.05) is 16.7 Å². The maximum atomic E-state index is 11.9. The van der Waals surface area contributed by atoms with Crippen LogP contribution in [0.1, 0.15) is 11.3 Å². The number of ether oxygens (including phenoxy) is 1. The van der Waals surface area contributed by atoms with E-state index in [1.165, 1.54) is 13.2 Å². The first-order valence-electron chi connectivity index (χ1n) is 8.07. The molecule has 0 saturated heterocycles. The van der Waals surface area contributed by atoms with E-state index in [0.29, 0.717) is 33.2 Å². The van der Waals surface area contributed by atoms with E-state index in [1.54, 1.807) is 54.1 Å². The number of nitrogens with zero attached hydrogens (tertiary/aromatic N) is 3. The molecule has 3 rings (SSSR count). The number of halogens is 1. The number of rotatable bonds is 5. The molecule has 0 aliphatic heterocycles. The van der Waals surface area contributed by atoms with Crippen LogP contribution in [0, 0.1) is 17.0 Å². The molecule has 0 N–H and O–H groups in total. The number of esters is 1. The lowest BCUT2D eigenvalue weighted by molar-refractivity contribution is -0.384. The Bertz CT molecular complexity index is 1030. The van der Waals surface area contributed by atoms with Crippen molar-refractivity contribution >= 4 is 23.3 Å². The van der Waals surface area contributed by atoms with Crippen LogP contribution >= 0.6 is 11.6 Å². The number of nitro groups is 1. The van der Waals surface area contributed by atoms with Crippen LogP contribution < -0.4 is 0 Å². The first-order valence-corrected chi connectivity index (χ1v) is 8.45. The van der Waals surface area contributed by atoms with Gasteiger partial charge in [0.05, 0.1) is 41.1 Å². The van der Waals surface area contributed by atoms with Crippen LogP contribution in [0.25, 0.3) is 16.9 Å². The highest BCUT2D eigenvalue weighted by molar-refractivity contribution is 6.30. The maximum Gasteiger partial charge on any atom is 0.310 e. The van der Waals surface area contributed by atoms with Gasteiger partial charge in [0.15, 0.2) is 0 Å². The zero-order chi connectivity index (χ0) is 19.6. The largest absolute Gasteiger partial charge is 0.469 e. The van der Waals surface area contributed by atoms with Crippen molar-refractivity contribution in [1.82, 2.24) is 9.78 Å². The van der Waals surface area contributed by atoms with Gasteiger partial charge < -0.3 is 4.74 Å². The number of para-hydroxylation sites is 1. The van der Waals surface area contributed by atoms with E-state index in [1.807, 2.05) is 0 Å². The summed E-state index contributed by atoms with van der Waals surface area (Å²) >= 11 is 6.10. The Morgan fingerprint density at radius 3 is 2.67 bits per heavy atom. The number of hydrogen-bond acceptors (Lipinski definition) is 5. The van der Waals surface area contributed by atoms with Crippen molar-refractivity contribution in [2.45, 2.75) is 13.3 Å². The SMILES string of the molecule is COC(=O)Cc1c(C)nn(-c2cccc(Cl)c2)c1-c1ccccc1[N+](=O)[O-]. The fraction of sp³-hybridized carbons (Fsp3) is 0.158. The summed E-state index contributed by atoms with van der Waals surface area (Å²) in [5.41, 5.74) is 2.53. The van der Waals surface area contributed by atoms with E-state index in [2.05, 4.69) is 5.10 Å². The molecular formula is C19H16ClN3O4. The molecule has 0 spiro atoms. The molecule has 27 heavy (non-hydrogen) atoms. The molecule has 0 amide bonds. The highest BCUT2D eigenvalue weighted by Crippen LogP contribution is 2.35. The molecule has 0 aliphatic rings. The van der Waals surface area contributed by atoms with Crippen molar-refractivity contribution in [3.05, 3.63) is 74.9 Å². The third-order valence-electron chi connectivity index (χ3n) is 4.14. The van der Waals surface area contributed by atoms with E-state index in [9.17, 15) is 14.9 Å². The monoisotopic (exact) mass is 385 g/mol. The standard InChI is InChI=1S/C19H16ClN3O4/c1-12-16(11-18(24)27-2)19(15-8-3-4-9-17(15)23(25)26)22(21-12)14-7-5-6-13(20)10-14/h3-10H,11H2,1-2H3. The summed E-state index contributed by atoms with van der Waals surface area (Å²) in [5, 5.41) is 16.6. The molecule has 7 nitrogen and oxygen atoms in total. The molecule has 1 aromatic heterocycles. The summed E-state index contributed by atoms with van der Waals surface area (Å²) in [6, 6.07) is 13.3. The third kappa shape index (κ3) is 3.68. The van der Waals surface area contributed by atoms with Crippen LogP contribution in [-0.4, -0.2) is 27.8 Å². The van der Waals surface area contributed by atoms with Gasteiger partial charge in [-0.05, 0) is 31.2 Å². The molecule has 138 valence electrons. The summed E-state index contributed by atoms with van der Waals surface area (Å²) < 4.78 is 6.35. The highest BCUT2D eigenvalue weighted by Gasteiger charge is 2.26. The molecule has 0 bridgehead atoms. The average Bonchev–Trinajstić information content (AvgIpc) is 2.97. The molecule has 1 heterocycles. The predicted octanol–water partition coefficient (Wildman–Crippen LogP) is 4.12. The van der Waals surface area contributed by atoms with Crippen molar-refractivity contribution in [3.63, 3.8) is 0 Å². The molecular weight excluding hydrogens is 370 g/mol. The van der Waals surface area contributed by atoms with Gasteiger partial charge in [0.1, 0.15) is 0 Å². The number of carbonyl (C=O) groups is 1. The fourth-order valence-corrected chi connectivity index (χ4v) is 3.08. The van der Waals surface area contributed by atoms with Crippen molar-refractivity contribution < 1.29 is 14.5 Å². The van der Waals surface area contributed by atoms with Crippen LogP contribution in [-0.2, 0) is 16.0 Å². The average molecular weight is 386 g/mol. The van der Waals surface area contributed by atoms with Gasteiger partial charge in [-0.15, -0.1) is 0 Å². The number of carbonyl (C=O) groups excluding carboxylic acids is 1. The normalized spacial score (nSPS) is 10.6. The topological polar surface area (TPSA) is 87.3 Å². The number of aryl methyl sites for hydroxylation is 1. The minimum absolute atomic E-state index is 0.0513. The molecule has 0 atom stereocenters.